The second-order valence-corrected chi connectivity index (χ2v) is 22.9. The minimum atomic E-state index is 0. The number of hydrogen-bond donors (Lipinski definition) is 0. The van der Waals surface area contributed by atoms with Gasteiger partial charge in [0.25, 0.3) is 0 Å². The summed E-state index contributed by atoms with van der Waals surface area (Å²) in [5.41, 5.74) is 17.5. The van der Waals surface area contributed by atoms with Crippen LogP contribution in [0, 0.1) is 13.8 Å². The SMILES string of the molecule is CCCCCCCCc1ccc(C2=CC=C(c3cccc(CCCCCCCC)c3)[N+]2=[N-])cc1.[CH2-]CCCCCCCCCCCCCCCCCCC.[CH2-]CCCCCCCCCCCCCCCCCCC.[Pd+2]. The quantitative estimate of drug-likeness (QED) is 0.0273. The van der Waals surface area contributed by atoms with Crippen LogP contribution < -0.4 is 0 Å². The van der Waals surface area contributed by atoms with Crippen LogP contribution in [0.5, 0.6) is 0 Å². The molecule has 0 radical (unpaired) electrons. The number of aryl methyl sites for hydroxylation is 2. The summed E-state index contributed by atoms with van der Waals surface area (Å²) in [6.07, 6.45) is 73.8. The van der Waals surface area contributed by atoms with Crippen LogP contribution >= 0.6 is 0 Å². The Hall–Kier alpha value is -1.82. The fourth-order valence-corrected chi connectivity index (χ4v) is 10.6. The molecular formula is C72H126N2Pd. The van der Waals surface area contributed by atoms with Crippen LogP contribution in [-0.4, -0.2) is 4.70 Å². The summed E-state index contributed by atoms with van der Waals surface area (Å²) in [5, 5.41) is 0. The van der Waals surface area contributed by atoms with Gasteiger partial charge in [0.05, 0.1) is 0 Å². The van der Waals surface area contributed by atoms with E-state index in [9.17, 15) is 5.53 Å². The molecule has 2 nitrogen and oxygen atoms in total. The summed E-state index contributed by atoms with van der Waals surface area (Å²) < 4.78 is 1.35. The average molecular weight is 1130 g/mol. The average Bonchev–Trinajstić information content (AvgIpc) is 3.81. The Morgan fingerprint density at radius 2 is 0.573 bits per heavy atom. The molecule has 3 rings (SSSR count). The smallest absolute Gasteiger partial charge is 0.493 e. The third-order valence-corrected chi connectivity index (χ3v) is 15.7. The van der Waals surface area contributed by atoms with E-state index in [1.54, 1.807) is 0 Å². The van der Waals surface area contributed by atoms with Crippen molar-refractivity contribution in [2.75, 3.05) is 0 Å². The van der Waals surface area contributed by atoms with E-state index in [1.807, 2.05) is 12.2 Å². The van der Waals surface area contributed by atoms with E-state index in [-0.39, 0.29) is 20.4 Å². The van der Waals surface area contributed by atoms with Crippen LogP contribution in [0.25, 0.3) is 16.9 Å². The Kier molecular flexibility index (Phi) is 56.9. The molecule has 0 aliphatic carbocycles. The molecule has 1 aliphatic heterocycles. The molecule has 1 aliphatic rings. The summed E-state index contributed by atoms with van der Waals surface area (Å²) in [5.74, 6) is 0. The maximum atomic E-state index is 11.0. The van der Waals surface area contributed by atoms with Gasteiger partial charge < -0.3 is 19.4 Å². The molecule has 75 heavy (non-hydrogen) atoms. The predicted molar refractivity (Wildman–Crippen MR) is 335 cm³/mol. The van der Waals surface area contributed by atoms with Crippen LogP contribution in [0.15, 0.2) is 60.7 Å². The summed E-state index contributed by atoms with van der Waals surface area (Å²) >= 11 is 0. The first kappa shape index (κ1) is 73.2. The van der Waals surface area contributed by atoms with Gasteiger partial charge in [-0.2, -0.15) is 12.8 Å². The first-order valence-electron chi connectivity index (χ1n) is 33.2. The van der Waals surface area contributed by atoms with Gasteiger partial charge in [0.15, 0.2) is 0 Å². The zero-order chi connectivity index (χ0) is 53.5. The monoisotopic (exact) mass is 1120 g/mol. The molecule has 2 aromatic rings. The van der Waals surface area contributed by atoms with Crippen molar-refractivity contribution < 1.29 is 25.1 Å². The topological polar surface area (TPSA) is 25.3 Å². The third-order valence-electron chi connectivity index (χ3n) is 15.7. The van der Waals surface area contributed by atoms with E-state index in [0.29, 0.717) is 0 Å². The van der Waals surface area contributed by atoms with Crippen molar-refractivity contribution in [3.63, 3.8) is 0 Å². The largest absolute Gasteiger partial charge is 2.00 e. The molecule has 0 bridgehead atoms. The molecule has 0 N–H and O–H groups in total. The van der Waals surface area contributed by atoms with Gasteiger partial charge in [-0.15, -0.1) is 0 Å². The van der Waals surface area contributed by atoms with E-state index in [2.05, 4.69) is 90.1 Å². The first-order valence-corrected chi connectivity index (χ1v) is 33.2. The predicted octanol–water partition coefficient (Wildman–Crippen LogP) is 25.6. The van der Waals surface area contributed by atoms with Crippen molar-refractivity contribution in [2.45, 2.75) is 349 Å². The molecule has 0 saturated heterocycles. The molecule has 1 heterocycles. The molecule has 0 aromatic heterocycles. The number of allylic oxidation sites excluding steroid dienone is 2. The van der Waals surface area contributed by atoms with Gasteiger partial charge in [0, 0.05) is 23.3 Å². The van der Waals surface area contributed by atoms with Crippen molar-refractivity contribution >= 4 is 11.4 Å². The van der Waals surface area contributed by atoms with Gasteiger partial charge in [-0.25, -0.2) is 4.70 Å². The van der Waals surface area contributed by atoms with Gasteiger partial charge in [-0.05, 0) is 61.1 Å². The second kappa shape index (κ2) is 58.3. The number of rotatable bonds is 50. The minimum absolute atomic E-state index is 0. The Morgan fingerprint density at radius 1 is 0.307 bits per heavy atom. The summed E-state index contributed by atoms with van der Waals surface area (Å²) in [4.78, 5) is 0. The fourth-order valence-electron chi connectivity index (χ4n) is 10.6. The Morgan fingerprint density at radius 3 is 0.880 bits per heavy atom. The van der Waals surface area contributed by atoms with Crippen LogP contribution in [-0.2, 0) is 33.3 Å². The second-order valence-electron chi connectivity index (χ2n) is 22.9. The molecule has 2 aromatic carbocycles. The van der Waals surface area contributed by atoms with Crippen LogP contribution in [0.2, 0.25) is 0 Å². The van der Waals surface area contributed by atoms with Gasteiger partial charge in [-0.1, -0.05) is 334 Å². The molecule has 0 unspecified atom stereocenters. The standard InChI is InChI=1S/C32H44N2.2C20H41.Pd/c1-3-5-7-9-11-13-16-27-20-22-29(23-21-27)31-24-25-32(34(31)33)30-19-15-18-28(26-30)17-14-12-10-8-6-4-2;2*1-3-5-7-9-11-13-15-17-19-20-18-16-14-12-10-8-6-4-2;/h15,18-26H,3-14,16-17H2,1-2H3;2*1,3-20H2,2H3;/q;2*-1;+2. The van der Waals surface area contributed by atoms with E-state index >= 15 is 0 Å². The van der Waals surface area contributed by atoms with Gasteiger partial charge in [-0.3, -0.25) is 0 Å². The van der Waals surface area contributed by atoms with Crippen LogP contribution in [0.4, 0.5) is 0 Å². The van der Waals surface area contributed by atoms with Crippen LogP contribution in [0.1, 0.15) is 358 Å². The molecule has 3 heteroatoms. The Labute approximate surface area is 484 Å². The van der Waals surface area contributed by atoms with Crippen molar-refractivity contribution in [1.29, 1.82) is 0 Å². The molecule has 0 fully saturated rings. The van der Waals surface area contributed by atoms with Gasteiger partial charge in [0.2, 0.25) is 11.4 Å². The fraction of sp³-hybridized carbons (Fsp3) is 0.750. The number of hydrogen-bond acceptors (Lipinski definition) is 0. The minimum Gasteiger partial charge on any atom is -0.493 e. The van der Waals surface area contributed by atoms with Crippen molar-refractivity contribution in [3.05, 3.63) is 102 Å². The van der Waals surface area contributed by atoms with E-state index in [1.165, 1.54) is 311 Å². The maximum Gasteiger partial charge on any atom is 2.00 e. The Balaban J connectivity index is 0.00000116. The number of nitrogens with zero attached hydrogens (tertiary/aromatic N) is 2. The Bertz CT molecular complexity index is 1470. The maximum absolute atomic E-state index is 11.0. The first-order chi connectivity index (χ1) is 36.6. The van der Waals surface area contributed by atoms with E-state index in [0.717, 1.165) is 48.2 Å². The molecule has 0 saturated carbocycles. The van der Waals surface area contributed by atoms with Crippen molar-refractivity contribution in [3.8, 4) is 0 Å². The van der Waals surface area contributed by atoms with E-state index in [4.69, 9.17) is 0 Å². The molecule has 434 valence electrons. The zero-order valence-corrected chi connectivity index (χ0v) is 52.3. The molecule has 0 amide bonds. The molecular weight excluding hydrogens is 999 g/mol. The van der Waals surface area contributed by atoms with Crippen LogP contribution in [0.3, 0.4) is 0 Å². The summed E-state index contributed by atoms with van der Waals surface area (Å²) in [6.45, 7) is 16.9. The van der Waals surface area contributed by atoms with Gasteiger partial charge >= 0.3 is 20.4 Å². The zero-order valence-electron chi connectivity index (χ0n) is 50.8. The molecule has 0 spiro atoms. The summed E-state index contributed by atoms with van der Waals surface area (Å²) in [7, 11) is 0. The number of benzene rings is 2. The number of unbranched alkanes of at least 4 members (excludes halogenated alkanes) is 44. The third kappa shape index (κ3) is 44.7. The van der Waals surface area contributed by atoms with Gasteiger partial charge in [0.1, 0.15) is 0 Å². The molecule has 0 atom stereocenters. The summed E-state index contributed by atoms with van der Waals surface area (Å²) in [6, 6.07) is 17.4. The normalized spacial score (nSPS) is 11.9. The van der Waals surface area contributed by atoms with Crippen molar-refractivity contribution in [1.82, 2.24) is 0 Å². The van der Waals surface area contributed by atoms with E-state index < -0.39 is 0 Å². The van der Waals surface area contributed by atoms with Crippen molar-refractivity contribution in [2.24, 2.45) is 0 Å².